The molecule has 2 aromatic carbocycles. The van der Waals surface area contributed by atoms with E-state index in [0.29, 0.717) is 40.9 Å². The first-order valence-corrected chi connectivity index (χ1v) is 10.6. The molecule has 1 atom stereocenters. The number of carbonyl (C=O) groups is 1. The molecule has 168 valence electrons. The van der Waals surface area contributed by atoms with E-state index in [1.165, 1.54) is 45.2 Å². The fraction of sp³-hybridized carbons (Fsp3) is 0.261. The average Bonchev–Trinajstić information content (AvgIpc) is 3.09. The second-order valence-electron chi connectivity index (χ2n) is 6.76. The van der Waals surface area contributed by atoms with Crippen molar-refractivity contribution in [3.8, 4) is 17.2 Å². The molecule has 2 aromatic rings. The van der Waals surface area contributed by atoms with Gasteiger partial charge in [0.2, 0.25) is 11.7 Å². The number of benzene rings is 2. The van der Waals surface area contributed by atoms with Crippen molar-refractivity contribution < 1.29 is 23.4 Å². The number of amidine groups is 1. The van der Waals surface area contributed by atoms with E-state index in [4.69, 9.17) is 14.2 Å². The van der Waals surface area contributed by atoms with Crippen LogP contribution in [0.4, 0.5) is 4.39 Å². The molecule has 0 aliphatic carbocycles. The number of hydrogen-bond acceptors (Lipinski definition) is 7. The Hall–Kier alpha value is -3.33. The number of nitrogens with zero attached hydrogens (tertiary/aromatic N) is 3. The largest absolute Gasteiger partial charge is 0.493 e. The predicted molar refractivity (Wildman–Crippen MR) is 125 cm³/mol. The molecule has 32 heavy (non-hydrogen) atoms. The molecule has 1 saturated heterocycles. The van der Waals surface area contributed by atoms with Crippen molar-refractivity contribution in [2.75, 3.05) is 27.9 Å². The Morgan fingerprint density at radius 3 is 2.34 bits per heavy atom. The highest BCUT2D eigenvalue weighted by molar-refractivity contribution is 8.15. The summed E-state index contributed by atoms with van der Waals surface area (Å²) in [4.78, 5) is 14.4. The zero-order chi connectivity index (χ0) is 23.1. The minimum absolute atomic E-state index is 0.0824. The van der Waals surface area contributed by atoms with E-state index in [9.17, 15) is 9.18 Å². The molecule has 0 bridgehead atoms. The molecule has 1 aliphatic heterocycles. The van der Waals surface area contributed by atoms with Gasteiger partial charge in [-0.3, -0.25) is 9.69 Å². The van der Waals surface area contributed by atoms with Crippen LogP contribution in [-0.4, -0.2) is 55.3 Å². The van der Waals surface area contributed by atoms with Gasteiger partial charge in [-0.1, -0.05) is 30.0 Å². The Bertz CT molecular complexity index is 1020. The highest BCUT2D eigenvalue weighted by atomic mass is 32.2. The van der Waals surface area contributed by atoms with Crippen LogP contribution in [0.15, 0.2) is 59.3 Å². The minimum atomic E-state index is -0.365. The second-order valence-corrected chi connectivity index (χ2v) is 7.93. The van der Waals surface area contributed by atoms with Crippen LogP contribution < -0.4 is 14.2 Å². The molecule has 1 fully saturated rings. The number of ether oxygens (including phenoxy) is 3. The smallest absolute Gasteiger partial charge is 0.242 e. The summed E-state index contributed by atoms with van der Waals surface area (Å²) in [5.41, 5.74) is 1.56. The number of halogens is 1. The van der Waals surface area contributed by atoms with Crippen molar-refractivity contribution in [2.24, 2.45) is 10.2 Å². The lowest BCUT2D eigenvalue weighted by Gasteiger charge is -2.13. The topological polar surface area (TPSA) is 72.7 Å². The third-order valence-electron chi connectivity index (χ3n) is 4.70. The van der Waals surface area contributed by atoms with Crippen molar-refractivity contribution in [1.82, 2.24) is 4.90 Å². The fourth-order valence-electron chi connectivity index (χ4n) is 3.17. The normalized spacial score (nSPS) is 17.2. The van der Waals surface area contributed by atoms with Gasteiger partial charge in [0.25, 0.3) is 0 Å². The van der Waals surface area contributed by atoms with E-state index in [0.717, 1.165) is 5.56 Å². The second kappa shape index (κ2) is 10.8. The molecule has 1 heterocycles. The van der Waals surface area contributed by atoms with Gasteiger partial charge in [-0.15, -0.1) is 11.7 Å². The van der Waals surface area contributed by atoms with Crippen LogP contribution in [0.5, 0.6) is 17.2 Å². The summed E-state index contributed by atoms with van der Waals surface area (Å²) in [6, 6.07) is 9.63. The van der Waals surface area contributed by atoms with Gasteiger partial charge in [-0.25, -0.2) is 4.39 Å². The lowest BCUT2D eigenvalue weighted by atomic mass is 10.1. The molecular formula is C23H24FN3O4S. The van der Waals surface area contributed by atoms with Crippen LogP contribution in [0.1, 0.15) is 11.1 Å². The monoisotopic (exact) mass is 457 g/mol. The molecule has 1 unspecified atom stereocenters. The zero-order valence-corrected chi connectivity index (χ0v) is 18.9. The van der Waals surface area contributed by atoms with Gasteiger partial charge in [0, 0.05) is 12.1 Å². The SMILES string of the molecule is C=CCN1C(=O)C(Cc2ccc(F)cc2)SC1=NN=Cc1cc(OC)c(OC)c(OC)c1. The van der Waals surface area contributed by atoms with Crippen molar-refractivity contribution in [3.63, 3.8) is 0 Å². The van der Waals surface area contributed by atoms with E-state index in [1.807, 2.05) is 0 Å². The average molecular weight is 458 g/mol. The van der Waals surface area contributed by atoms with Gasteiger partial charge >= 0.3 is 0 Å². The van der Waals surface area contributed by atoms with Gasteiger partial charge < -0.3 is 14.2 Å². The third-order valence-corrected chi connectivity index (χ3v) is 5.87. The molecule has 9 heteroatoms. The van der Waals surface area contributed by atoms with E-state index in [2.05, 4.69) is 16.8 Å². The molecule has 0 saturated carbocycles. The summed E-state index contributed by atoms with van der Waals surface area (Å²) in [6.45, 7) is 4.04. The maximum atomic E-state index is 13.2. The maximum absolute atomic E-state index is 13.2. The standard InChI is InChI=1S/C23H24FN3O4S/c1-5-10-27-22(28)20(13-15-6-8-17(24)9-7-15)32-23(27)26-25-14-16-11-18(29-2)21(31-4)19(12-16)30-3/h5-9,11-12,14,20H,1,10,13H2,2-4H3. The van der Waals surface area contributed by atoms with Crippen molar-refractivity contribution in [1.29, 1.82) is 0 Å². The predicted octanol–water partition coefficient (Wildman–Crippen LogP) is 3.91. The van der Waals surface area contributed by atoms with E-state index >= 15 is 0 Å². The van der Waals surface area contributed by atoms with Gasteiger partial charge in [-0.05, 0) is 36.2 Å². The molecule has 7 nitrogen and oxygen atoms in total. The number of hydrogen-bond donors (Lipinski definition) is 0. The first-order valence-electron chi connectivity index (χ1n) is 9.75. The van der Waals surface area contributed by atoms with Crippen LogP contribution in [0.25, 0.3) is 0 Å². The minimum Gasteiger partial charge on any atom is -0.493 e. The summed E-state index contributed by atoms with van der Waals surface area (Å²) < 4.78 is 29.2. The van der Waals surface area contributed by atoms with Crippen LogP contribution in [-0.2, 0) is 11.2 Å². The lowest BCUT2D eigenvalue weighted by Crippen LogP contribution is -2.32. The van der Waals surface area contributed by atoms with Gasteiger partial charge in [0.15, 0.2) is 16.7 Å². The maximum Gasteiger partial charge on any atom is 0.242 e. The molecule has 3 rings (SSSR count). The molecule has 0 N–H and O–H groups in total. The van der Waals surface area contributed by atoms with Crippen molar-refractivity contribution >= 4 is 29.1 Å². The Labute approximate surface area is 190 Å². The Morgan fingerprint density at radius 2 is 1.78 bits per heavy atom. The molecule has 0 radical (unpaired) electrons. The molecule has 1 amide bonds. The summed E-state index contributed by atoms with van der Waals surface area (Å²) in [7, 11) is 4.60. The van der Waals surface area contributed by atoms with Crippen LogP contribution in [0.2, 0.25) is 0 Å². The van der Waals surface area contributed by atoms with Crippen molar-refractivity contribution in [2.45, 2.75) is 11.7 Å². The molecule has 0 aromatic heterocycles. The van der Waals surface area contributed by atoms with Crippen LogP contribution in [0, 0.1) is 5.82 Å². The van der Waals surface area contributed by atoms with E-state index < -0.39 is 0 Å². The van der Waals surface area contributed by atoms with Gasteiger partial charge in [-0.2, -0.15) is 5.10 Å². The molecular weight excluding hydrogens is 433 g/mol. The Balaban J connectivity index is 1.81. The number of amides is 1. The number of methoxy groups -OCH3 is 3. The molecule has 1 aliphatic rings. The lowest BCUT2D eigenvalue weighted by molar-refractivity contribution is -0.125. The number of thioether (sulfide) groups is 1. The summed E-state index contributed by atoms with van der Waals surface area (Å²) in [6.07, 6.45) is 3.64. The number of carbonyl (C=O) groups excluding carboxylic acids is 1. The third kappa shape index (κ3) is 5.28. The Morgan fingerprint density at radius 1 is 1.12 bits per heavy atom. The van der Waals surface area contributed by atoms with E-state index in [-0.39, 0.29) is 17.0 Å². The molecule has 0 spiro atoms. The first kappa shape index (κ1) is 23.3. The summed E-state index contributed by atoms with van der Waals surface area (Å²) >= 11 is 1.32. The van der Waals surface area contributed by atoms with Gasteiger partial charge in [0.1, 0.15) is 5.82 Å². The summed E-state index contributed by atoms with van der Waals surface area (Å²) in [5.74, 6) is 1.09. The van der Waals surface area contributed by atoms with E-state index in [1.54, 1.807) is 41.5 Å². The number of rotatable bonds is 9. The highest BCUT2D eigenvalue weighted by Crippen LogP contribution is 2.37. The zero-order valence-electron chi connectivity index (χ0n) is 18.1. The Kier molecular flexibility index (Phi) is 7.88. The van der Waals surface area contributed by atoms with Crippen LogP contribution in [0.3, 0.4) is 0 Å². The summed E-state index contributed by atoms with van der Waals surface area (Å²) in [5, 5.41) is 8.54. The first-order chi connectivity index (χ1) is 15.5. The highest BCUT2D eigenvalue weighted by Gasteiger charge is 2.37. The van der Waals surface area contributed by atoms with Crippen molar-refractivity contribution in [3.05, 3.63) is 66.0 Å². The fourth-order valence-corrected chi connectivity index (χ4v) is 4.31. The quantitative estimate of drug-likeness (QED) is 0.324. The van der Waals surface area contributed by atoms with Crippen LogP contribution >= 0.6 is 11.8 Å². The van der Waals surface area contributed by atoms with Gasteiger partial charge in [0.05, 0.1) is 32.8 Å².